The van der Waals surface area contributed by atoms with Gasteiger partial charge in [0, 0.05) is 30.7 Å². The third kappa shape index (κ3) is 2.52. The molecule has 0 aliphatic rings. The summed E-state index contributed by atoms with van der Waals surface area (Å²) in [5.74, 6) is 1.18. The Morgan fingerprint density at radius 1 is 0.952 bits per heavy atom. The molecule has 0 bridgehead atoms. The van der Waals surface area contributed by atoms with E-state index in [-0.39, 0.29) is 0 Å². The van der Waals surface area contributed by atoms with Crippen molar-refractivity contribution in [1.29, 1.82) is 0 Å². The zero-order chi connectivity index (χ0) is 15.0. The third-order valence-electron chi connectivity index (χ3n) is 3.52. The van der Waals surface area contributed by atoms with Crippen molar-refractivity contribution in [3.05, 3.63) is 48.0 Å². The van der Waals surface area contributed by atoms with Gasteiger partial charge in [-0.05, 0) is 43.3 Å². The van der Waals surface area contributed by atoms with Gasteiger partial charge in [-0.1, -0.05) is 11.6 Å². The second-order valence-corrected chi connectivity index (χ2v) is 5.39. The minimum absolute atomic E-state index is 0.524. The molecule has 2 N–H and O–H groups in total. The lowest BCUT2D eigenvalue weighted by Crippen LogP contribution is -2.08. The van der Waals surface area contributed by atoms with Gasteiger partial charge in [-0.2, -0.15) is 0 Å². The van der Waals surface area contributed by atoms with E-state index >= 15 is 0 Å². The van der Waals surface area contributed by atoms with Crippen molar-refractivity contribution >= 4 is 22.4 Å². The van der Waals surface area contributed by atoms with E-state index in [1.54, 1.807) is 0 Å². The number of fused-ring (bicyclic) bond motifs is 1. The number of aromatic nitrogens is 2. The van der Waals surface area contributed by atoms with Crippen LogP contribution < -0.4 is 10.6 Å². The van der Waals surface area contributed by atoms with Crippen molar-refractivity contribution < 1.29 is 0 Å². The molecule has 4 heteroatoms. The quantitative estimate of drug-likeness (QED) is 0.781. The fourth-order valence-corrected chi connectivity index (χ4v) is 2.30. The van der Waals surface area contributed by atoms with E-state index in [9.17, 15) is 0 Å². The standard InChI is InChI=1S/C17H18N4/c1-11-4-9-15-14(10-11)16(18)20-17(19-15)12-5-7-13(8-6-12)21(2)3/h4-10H,1-3H3,(H2,18,19,20). The summed E-state index contributed by atoms with van der Waals surface area (Å²) in [6.45, 7) is 2.03. The number of aryl methyl sites for hydroxylation is 1. The van der Waals surface area contributed by atoms with Crippen LogP contribution in [0, 0.1) is 6.92 Å². The summed E-state index contributed by atoms with van der Waals surface area (Å²) in [5, 5.41) is 0.906. The number of hydrogen-bond acceptors (Lipinski definition) is 4. The molecule has 3 rings (SSSR count). The van der Waals surface area contributed by atoms with E-state index in [0.717, 1.165) is 27.7 Å². The fourth-order valence-electron chi connectivity index (χ4n) is 2.30. The highest BCUT2D eigenvalue weighted by Crippen LogP contribution is 2.25. The average Bonchev–Trinajstić information content (AvgIpc) is 2.48. The van der Waals surface area contributed by atoms with Gasteiger partial charge in [0.25, 0.3) is 0 Å². The number of nitrogens with zero attached hydrogens (tertiary/aromatic N) is 3. The Labute approximate surface area is 124 Å². The lowest BCUT2D eigenvalue weighted by Gasteiger charge is -2.12. The second-order valence-electron chi connectivity index (χ2n) is 5.39. The normalized spacial score (nSPS) is 10.8. The maximum Gasteiger partial charge on any atom is 0.162 e. The number of hydrogen-bond donors (Lipinski definition) is 1. The van der Waals surface area contributed by atoms with Crippen LogP contribution >= 0.6 is 0 Å². The van der Waals surface area contributed by atoms with E-state index in [1.165, 1.54) is 0 Å². The van der Waals surface area contributed by atoms with E-state index < -0.39 is 0 Å². The van der Waals surface area contributed by atoms with Crippen molar-refractivity contribution in [3.63, 3.8) is 0 Å². The highest BCUT2D eigenvalue weighted by atomic mass is 15.1. The molecular formula is C17H18N4. The van der Waals surface area contributed by atoms with Gasteiger partial charge in [-0.25, -0.2) is 9.97 Å². The van der Waals surface area contributed by atoms with Crippen molar-refractivity contribution in [2.24, 2.45) is 0 Å². The summed E-state index contributed by atoms with van der Waals surface area (Å²) in [5.41, 5.74) is 10.2. The van der Waals surface area contributed by atoms with Gasteiger partial charge in [-0.15, -0.1) is 0 Å². The predicted molar refractivity (Wildman–Crippen MR) is 88.5 cm³/mol. The van der Waals surface area contributed by atoms with E-state index in [4.69, 9.17) is 5.73 Å². The monoisotopic (exact) mass is 278 g/mol. The largest absolute Gasteiger partial charge is 0.383 e. The summed E-state index contributed by atoms with van der Waals surface area (Å²) in [6.07, 6.45) is 0. The molecule has 0 aliphatic carbocycles. The number of nitrogen functional groups attached to an aromatic ring is 1. The highest BCUT2D eigenvalue weighted by Gasteiger charge is 2.08. The van der Waals surface area contributed by atoms with Crippen LogP contribution in [0.25, 0.3) is 22.3 Å². The molecular weight excluding hydrogens is 260 g/mol. The molecule has 0 radical (unpaired) electrons. The van der Waals surface area contributed by atoms with Crippen LogP contribution in [-0.4, -0.2) is 24.1 Å². The lowest BCUT2D eigenvalue weighted by molar-refractivity contribution is 1.13. The Kier molecular flexibility index (Phi) is 3.22. The first kappa shape index (κ1) is 13.4. The topological polar surface area (TPSA) is 55.0 Å². The van der Waals surface area contributed by atoms with E-state index in [1.807, 2.05) is 63.5 Å². The maximum atomic E-state index is 6.08. The Balaban J connectivity index is 2.10. The number of rotatable bonds is 2. The molecule has 0 aliphatic heterocycles. The molecule has 1 aromatic heterocycles. The molecule has 0 fully saturated rings. The molecule has 0 spiro atoms. The minimum atomic E-state index is 0.524. The van der Waals surface area contributed by atoms with Crippen LogP contribution in [0.2, 0.25) is 0 Å². The summed E-state index contributed by atoms with van der Waals surface area (Å²) < 4.78 is 0. The number of benzene rings is 2. The van der Waals surface area contributed by atoms with Crippen molar-refractivity contribution in [3.8, 4) is 11.4 Å². The molecule has 0 atom stereocenters. The first-order valence-electron chi connectivity index (χ1n) is 6.86. The molecule has 0 saturated heterocycles. The van der Waals surface area contributed by atoms with E-state index in [0.29, 0.717) is 11.6 Å². The molecule has 4 nitrogen and oxygen atoms in total. The average molecular weight is 278 g/mol. The number of nitrogens with two attached hydrogens (primary N) is 1. The molecule has 0 unspecified atom stereocenters. The molecule has 0 amide bonds. The third-order valence-corrected chi connectivity index (χ3v) is 3.52. The molecule has 0 saturated carbocycles. The van der Waals surface area contributed by atoms with Gasteiger partial charge in [0.1, 0.15) is 5.82 Å². The predicted octanol–water partition coefficient (Wildman–Crippen LogP) is 3.25. The fraction of sp³-hybridized carbons (Fsp3) is 0.176. The van der Waals surface area contributed by atoms with Crippen LogP contribution in [0.5, 0.6) is 0 Å². The van der Waals surface area contributed by atoms with Gasteiger partial charge in [0.15, 0.2) is 5.82 Å². The van der Waals surface area contributed by atoms with Gasteiger partial charge < -0.3 is 10.6 Å². The van der Waals surface area contributed by atoms with Gasteiger partial charge in [0.2, 0.25) is 0 Å². The second kappa shape index (κ2) is 5.05. The smallest absolute Gasteiger partial charge is 0.162 e. The molecule has 3 aromatic rings. The van der Waals surface area contributed by atoms with Crippen molar-refractivity contribution in [1.82, 2.24) is 9.97 Å². The van der Waals surface area contributed by atoms with Crippen LogP contribution in [0.4, 0.5) is 11.5 Å². The van der Waals surface area contributed by atoms with Crippen LogP contribution in [0.15, 0.2) is 42.5 Å². The zero-order valence-electron chi connectivity index (χ0n) is 12.5. The Morgan fingerprint density at radius 3 is 2.33 bits per heavy atom. The van der Waals surface area contributed by atoms with Gasteiger partial charge in [-0.3, -0.25) is 0 Å². The molecule has 21 heavy (non-hydrogen) atoms. The van der Waals surface area contributed by atoms with Crippen molar-refractivity contribution in [2.75, 3.05) is 24.7 Å². The summed E-state index contributed by atoms with van der Waals surface area (Å²) in [7, 11) is 4.03. The summed E-state index contributed by atoms with van der Waals surface area (Å²) in [4.78, 5) is 11.1. The Hall–Kier alpha value is -2.62. The molecule has 106 valence electrons. The minimum Gasteiger partial charge on any atom is -0.383 e. The summed E-state index contributed by atoms with van der Waals surface area (Å²) in [6, 6.07) is 14.2. The SMILES string of the molecule is Cc1ccc2nc(-c3ccc(N(C)C)cc3)nc(N)c2c1. The van der Waals surface area contributed by atoms with Gasteiger partial charge >= 0.3 is 0 Å². The highest BCUT2D eigenvalue weighted by molar-refractivity contribution is 5.90. The Morgan fingerprint density at radius 2 is 1.67 bits per heavy atom. The Bertz CT molecular complexity index is 792. The molecule has 1 heterocycles. The van der Waals surface area contributed by atoms with Crippen LogP contribution in [0.3, 0.4) is 0 Å². The zero-order valence-corrected chi connectivity index (χ0v) is 12.5. The lowest BCUT2D eigenvalue weighted by atomic mass is 10.1. The van der Waals surface area contributed by atoms with E-state index in [2.05, 4.69) is 14.9 Å². The first-order chi connectivity index (χ1) is 10.0. The molecule has 2 aromatic carbocycles. The maximum absolute atomic E-state index is 6.08. The summed E-state index contributed by atoms with van der Waals surface area (Å²) >= 11 is 0. The number of anilines is 2. The first-order valence-corrected chi connectivity index (χ1v) is 6.86. The van der Waals surface area contributed by atoms with Gasteiger partial charge in [0.05, 0.1) is 5.52 Å². The van der Waals surface area contributed by atoms with Crippen LogP contribution in [0.1, 0.15) is 5.56 Å². The van der Waals surface area contributed by atoms with Crippen LogP contribution in [-0.2, 0) is 0 Å². The van der Waals surface area contributed by atoms with Crippen molar-refractivity contribution in [2.45, 2.75) is 6.92 Å².